The van der Waals surface area contributed by atoms with Crippen molar-refractivity contribution in [3.05, 3.63) is 67.6 Å². The number of benzene rings is 2. The van der Waals surface area contributed by atoms with Gasteiger partial charge in [-0.25, -0.2) is 0 Å². The van der Waals surface area contributed by atoms with E-state index in [2.05, 4.69) is 15.9 Å². The van der Waals surface area contributed by atoms with E-state index in [-0.39, 0.29) is 23.1 Å². The molecule has 110 valence electrons. The highest BCUT2D eigenvalue weighted by atomic mass is 79.9. The Morgan fingerprint density at radius 1 is 1.33 bits per heavy atom. The lowest BCUT2D eigenvalue weighted by atomic mass is 10.1. The van der Waals surface area contributed by atoms with Crippen LogP contribution in [0.5, 0.6) is 5.75 Å². The van der Waals surface area contributed by atoms with Crippen LogP contribution in [-0.4, -0.2) is 16.6 Å². The minimum atomic E-state index is -0.881. The Labute approximate surface area is 134 Å². The van der Waals surface area contributed by atoms with Crippen LogP contribution in [0, 0.1) is 10.1 Å². The van der Waals surface area contributed by atoms with Crippen molar-refractivity contribution in [3.63, 3.8) is 0 Å². The zero-order chi connectivity index (χ0) is 15.4. The van der Waals surface area contributed by atoms with Crippen LogP contribution in [0.3, 0.4) is 0 Å². The van der Waals surface area contributed by atoms with Gasteiger partial charge in [-0.05, 0) is 27.6 Å². The number of nitro benzene ring substituents is 1. The van der Waals surface area contributed by atoms with Gasteiger partial charge in [0.15, 0.2) is 0 Å². The van der Waals surface area contributed by atoms with Gasteiger partial charge in [-0.15, -0.1) is 0 Å². The zero-order valence-electron chi connectivity index (χ0n) is 10.7. The quantitative estimate of drug-likeness (QED) is 0.633. The van der Waals surface area contributed by atoms with Gasteiger partial charge in [-0.1, -0.05) is 41.9 Å². The van der Waals surface area contributed by atoms with Crippen LogP contribution in [0.25, 0.3) is 0 Å². The molecule has 0 aliphatic heterocycles. The molecule has 0 fully saturated rings. The van der Waals surface area contributed by atoms with Gasteiger partial charge in [-0.2, -0.15) is 0 Å². The second kappa shape index (κ2) is 6.89. The molecule has 0 amide bonds. The summed E-state index contributed by atoms with van der Waals surface area (Å²) in [7, 11) is 0. The Morgan fingerprint density at radius 2 is 2.00 bits per heavy atom. The van der Waals surface area contributed by atoms with Crippen molar-refractivity contribution >= 4 is 33.2 Å². The molecular formula is C14H11BrClNO4. The number of aliphatic hydroxyl groups is 1. The minimum absolute atomic E-state index is 0.0411. The molecule has 0 saturated heterocycles. The molecule has 5 nitrogen and oxygen atoms in total. The third-order valence-corrected chi connectivity index (χ3v) is 3.56. The van der Waals surface area contributed by atoms with Crippen LogP contribution >= 0.6 is 27.5 Å². The first kappa shape index (κ1) is 15.8. The van der Waals surface area contributed by atoms with Gasteiger partial charge in [0.05, 0.1) is 9.40 Å². The molecule has 2 aromatic rings. The monoisotopic (exact) mass is 371 g/mol. The van der Waals surface area contributed by atoms with Gasteiger partial charge in [0, 0.05) is 11.1 Å². The topological polar surface area (TPSA) is 72.6 Å². The summed E-state index contributed by atoms with van der Waals surface area (Å²) in [4.78, 5) is 10.4. The fourth-order valence-electron chi connectivity index (χ4n) is 1.76. The summed E-state index contributed by atoms with van der Waals surface area (Å²) < 4.78 is 5.77. The molecule has 0 bridgehead atoms. The van der Waals surface area contributed by atoms with Crippen LogP contribution in [0.1, 0.15) is 11.7 Å². The maximum Gasteiger partial charge on any atom is 0.313 e. The van der Waals surface area contributed by atoms with E-state index in [4.69, 9.17) is 16.3 Å². The Morgan fingerprint density at radius 3 is 2.62 bits per heavy atom. The fraction of sp³-hybridized carbons (Fsp3) is 0.143. The molecule has 2 rings (SSSR count). The number of nitrogens with zero attached hydrogens (tertiary/aromatic N) is 1. The Hall–Kier alpha value is -1.63. The van der Waals surface area contributed by atoms with Crippen LogP contribution in [-0.2, 0) is 0 Å². The summed E-state index contributed by atoms with van der Waals surface area (Å²) in [6.07, 6.45) is -0.881. The van der Waals surface area contributed by atoms with E-state index in [0.717, 1.165) is 0 Å². The van der Waals surface area contributed by atoms with Crippen LogP contribution in [0.4, 0.5) is 5.69 Å². The molecule has 1 unspecified atom stereocenters. The van der Waals surface area contributed by atoms with Gasteiger partial charge in [0.25, 0.3) is 0 Å². The number of ether oxygens (including phenoxy) is 1. The summed E-state index contributed by atoms with van der Waals surface area (Å²) in [6.45, 7) is -0.106. The smallest absolute Gasteiger partial charge is 0.313 e. The first-order valence-electron chi connectivity index (χ1n) is 5.98. The average molecular weight is 373 g/mol. The molecule has 21 heavy (non-hydrogen) atoms. The maximum atomic E-state index is 11.0. The van der Waals surface area contributed by atoms with E-state index < -0.39 is 11.0 Å². The standard InChI is InChI=1S/C14H11BrClNO4/c15-11-6-10(16)7-12(17(19)20)14(11)21-8-13(18)9-4-2-1-3-5-9/h1-7,13,18H,8H2. The number of hydrogen-bond donors (Lipinski definition) is 1. The minimum Gasteiger partial charge on any atom is -0.483 e. The molecule has 1 atom stereocenters. The molecule has 2 aromatic carbocycles. The van der Waals surface area contributed by atoms with Gasteiger partial charge < -0.3 is 9.84 Å². The highest BCUT2D eigenvalue weighted by molar-refractivity contribution is 9.10. The van der Waals surface area contributed by atoms with E-state index >= 15 is 0 Å². The average Bonchev–Trinajstić information content (AvgIpc) is 2.46. The van der Waals surface area contributed by atoms with E-state index in [0.29, 0.717) is 10.0 Å². The first-order valence-corrected chi connectivity index (χ1v) is 7.15. The van der Waals surface area contributed by atoms with Crippen molar-refractivity contribution in [1.82, 2.24) is 0 Å². The lowest BCUT2D eigenvalue weighted by Gasteiger charge is -2.14. The summed E-state index contributed by atoms with van der Waals surface area (Å²) in [6, 6.07) is 11.6. The van der Waals surface area contributed by atoms with E-state index in [1.165, 1.54) is 12.1 Å². The predicted octanol–water partition coefficient (Wildman–Crippen LogP) is 4.12. The molecule has 0 aromatic heterocycles. The van der Waals surface area contributed by atoms with Crippen LogP contribution in [0.2, 0.25) is 5.02 Å². The third-order valence-electron chi connectivity index (χ3n) is 2.76. The van der Waals surface area contributed by atoms with Crippen molar-refractivity contribution in [1.29, 1.82) is 0 Å². The highest BCUT2D eigenvalue weighted by Gasteiger charge is 2.21. The lowest BCUT2D eigenvalue weighted by molar-refractivity contribution is -0.386. The maximum absolute atomic E-state index is 11.0. The molecule has 0 heterocycles. The molecule has 0 radical (unpaired) electrons. The number of rotatable bonds is 5. The Balaban J connectivity index is 2.18. The molecular weight excluding hydrogens is 362 g/mol. The fourth-order valence-corrected chi connectivity index (χ4v) is 2.67. The van der Waals surface area contributed by atoms with Crippen molar-refractivity contribution in [3.8, 4) is 5.75 Å². The van der Waals surface area contributed by atoms with Crippen molar-refractivity contribution < 1.29 is 14.8 Å². The zero-order valence-corrected chi connectivity index (χ0v) is 13.0. The first-order chi connectivity index (χ1) is 9.99. The summed E-state index contributed by atoms with van der Waals surface area (Å²) in [5, 5.41) is 21.3. The number of aliphatic hydroxyl groups excluding tert-OH is 1. The van der Waals surface area contributed by atoms with Gasteiger partial charge in [0.1, 0.15) is 12.7 Å². The van der Waals surface area contributed by atoms with Crippen LogP contribution < -0.4 is 4.74 Å². The van der Waals surface area contributed by atoms with E-state index in [9.17, 15) is 15.2 Å². The van der Waals surface area contributed by atoms with Gasteiger partial charge in [-0.3, -0.25) is 10.1 Å². The number of halogens is 2. The number of hydrogen-bond acceptors (Lipinski definition) is 4. The Bertz CT molecular complexity index is 651. The normalized spacial score (nSPS) is 12.0. The second-order valence-corrected chi connectivity index (χ2v) is 5.52. The predicted molar refractivity (Wildman–Crippen MR) is 82.7 cm³/mol. The molecule has 0 saturated carbocycles. The molecule has 0 aliphatic carbocycles. The SMILES string of the molecule is O=[N+]([O-])c1cc(Cl)cc(Br)c1OCC(O)c1ccccc1. The van der Waals surface area contributed by atoms with Gasteiger partial charge in [0.2, 0.25) is 5.75 Å². The highest BCUT2D eigenvalue weighted by Crippen LogP contribution is 2.38. The van der Waals surface area contributed by atoms with Crippen molar-refractivity contribution in [2.24, 2.45) is 0 Å². The number of nitro groups is 1. The molecule has 7 heteroatoms. The summed E-state index contributed by atoms with van der Waals surface area (Å²) in [5.74, 6) is 0.0411. The second-order valence-electron chi connectivity index (χ2n) is 4.23. The molecule has 0 spiro atoms. The molecule has 1 N–H and O–H groups in total. The largest absolute Gasteiger partial charge is 0.483 e. The summed E-state index contributed by atoms with van der Waals surface area (Å²) >= 11 is 8.96. The van der Waals surface area contributed by atoms with Crippen molar-refractivity contribution in [2.75, 3.05) is 6.61 Å². The Kier molecular flexibility index (Phi) is 5.17. The summed E-state index contributed by atoms with van der Waals surface area (Å²) in [5.41, 5.74) is 0.417. The van der Waals surface area contributed by atoms with Gasteiger partial charge >= 0.3 is 5.69 Å². The van der Waals surface area contributed by atoms with E-state index in [1.807, 2.05) is 6.07 Å². The van der Waals surface area contributed by atoms with Crippen LogP contribution in [0.15, 0.2) is 46.9 Å². The van der Waals surface area contributed by atoms with E-state index in [1.54, 1.807) is 24.3 Å². The molecule has 0 aliphatic rings. The third kappa shape index (κ3) is 3.93. The van der Waals surface area contributed by atoms with Crippen molar-refractivity contribution in [2.45, 2.75) is 6.10 Å². The lowest BCUT2D eigenvalue weighted by Crippen LogP contribution is -2.10.